The summed E-state index contributed by atoms with van der Waals surface area (Å²) >= 11 is 5.90. The minimum atomic E-state index is -3.27. The second kappa shape index (κ2) is 8.63. The normalized spacial score (nSPS) is 19.6. The Balaban J connectivity index is 1.70. The van der Waals surface area contributed by atoms with Gasteiger partial charge in [-0.1, -0.05) is 36.7 Å². The number of pyridine rings is 1. The summed E-state index contributed by atoms with van der Waals surface area (Å²) < 4.78 is 25.0. The Bertz CT molecular complexity index is 1180. The number of rotatable bonds is 6. The lowest BCUT2D eigenvalue weighted by Gasteiger charge is -2.15. The van der Waals surface area contributed by atoms with Crippen molar-refractivity contribution < 1.29 is 13.2 Å². The number of halogens is 1. The first-order valence-electron chi connectivity index (χ1n) is 10.5. The molecule has 2 heterocycles. The minimum absolute atomic E-state index is 0.106. The van der Waals surface area contributed by atoms with Gasteiger partial charge in [-0.25, -0.2) is 8.42 Å². The van der Waals surface area contributed by atoms with Crippen LogP contribution in [0.15, 0.2) is 52.2 Å². The molecule has 1 aliphatic heterocycles. The number of hydrogen-bond acceptors (Lipinski definition) is 4. The van der Waals surface area contributed by atoms with Crippen LogP contribution in [0.2, 0.25) is 5.02 Å². The average molecular weight is 461 g/mol. The zero-order chi connectivity index (χ0) is 22.2. The summed E-state index contributed by atoms with van der Waals surface area (Å²) in [4.78, 5) is 29.1. The maximum Gasteiger partial charge on any atom is 0.267 e. The van der Waals surface area contributed by atoms with Crippen LogP contribution in [0.1, 0.15) is 43.9 Å². The lowest BCUT2D eigenvalue weighted by atomic mass is 9.96. The molecule has 1 amide bonds. The van der Waals surface area contributed by atoms with Crippen molar-refractivity contribution >= 4 is 32.9 Å². The fraction of sp³-hybridized carbons (Fsp3) is 0.391. The molecule has 1 saturated carbocycles. The Morgan fingerprint density at radius 3 is 2.48 bits per heavy atom. The van der Waals surface area contributed by atoms with E-state index in [4.69, 9.17) is 11.6 Å². The van der Waals surface area contributed by atoms with Crippen LogP contribution in [-0.4, -0.2) is 42.5 Å². The van der Waals surface area contributed by atoms with Gasteiger partial charge in [-0.15, -0.1) is 0 Å². The Labute approximate surface area is 186 Å². The molecular formula is C23H25ClN2O4S. The highest BCUT2D eigenvalue weighted by molar-refractivity contribution is 7.92. The van der Waals surface area contributed by atoms with Crippen LogP contribution in [-0.2, 0) is 14.6 Å². The summed E-state index contributed by atoms with van der Waals surface area (Å²) in [5, 5.41) is -0.156. The zero-order valence-corrected chi connectivity index (χ0v) is 18.9. The van der Waals surface area contributed by atoms with Gasteiger partial charge in [0, 0.05) is 30.8 Å². The molecular weight excluding hydrogens is 436 g/mol. The molecule has 4 rings (SSSR count). The monoisotopic (exact) mass is 460 g/mol. The van der Waals surface area contributed by atoms with Gasteiger partial charge in [0.25, 0.3) is 5.56 Å². The molecule has 0 spiro atoms. The fourth-order valence-electron chi connectivity index (χ4n) is 3.96. The first-order chi connectivity index (χ1) is 14.8. The molecule has 2 aromatic rings. The summed E-state index contributed by atoms with van der Waals surface area (Å²) in [6.07, 6.45) is 4.81. The maximum absolute atomic E-state index is 12.5. The lowest BCUT2D eigenvalue weighted by molar-refractivity contribution is -0.129. The lowest BCUT2D eigenvalue weighted by Crippen LogP contribution is -2.27. The Kier molecular flexibility index (Phi) is 6.08. The Morgan fingerprint density at radius 2 is 1.87 bits per heavy atom. The molecule has 6 nitrogen and oxygen atoms in total. The number of nitrogens with zero attached hydrogens (tertiary/aromatic N) is 1. The van der Waals surface area contributed by atoms with E-state index in [2.05, 4.69) is 11.1 Å². The van der Waals surface area contributed by atoms with Crippen molar-refractivity contribution in [2.24, 2.45) is 5.92 Å². The molecule has 1 aromatic heterocycles. The second-order valence-electron chi connectivity index (χ2n) is 8.14. The van der Waals surface area contributed by atoms with E-state index in [1.807, 2.05) is 11.8 Å². The third-order valence-electron chi connectivity index (χ3n) is 5.89. The molecule has 0 radical (unpaired) electrons. The number of sulfone groups is 1. The van der Waals surface area contributed by atoms with E-state index in [0.29, 0.717) is 30.1 Å². The minimum Gasteiger partial charge on any atom is -0.342 e. The van der Waals surface area contributed by atoms with Crippen LogP contribution in [0.25, 0.3) is 5.57 Å². The molecule has 8 heteroatoms. The number of H-pyrrole nitrogens is 1. The Hall–Kier alpha value is -2.38. The van der Waals surface area contributed by atoms with Gasteiger partial charge in [0.2, 0.25) is 5.91 Å². The third-order valence-corrected chi connectivity index (χ3v) is 8.47. The van der Waals surface area contributed by atoms with Crippen molar-refractivity contribution in [1.29, 1.82) is 0 Å². The van der Waals surface area contributed by atoms with Gasteiger partial charge in [0.05, 0.1) is 10.1 Å². The largest absolute Gasteiger partial charge is 0.342 e. The van der Waals surface area contributed by atoms with Crippen LogP contribution >= 0.6 is 11.6 Å². The molecule has 1 saturated heterocycles. The van der Waals surface area contributed by atoms with Gasteiger partial charge in [-0.05, 0) is 55.0 Å². The van der Waals surface area contributed by atoms with Crippen LogP contribution < -0.4 is 5.56 Å². The maximum atomic E-state index is 12.5. The molecule has 0 unspecified atom stereocenters. The summed E-state index contributed by atoms with van der Waals surface area (Å²) in [7, 11) is -3.27. The summed E-state index contributed by atoms with van der Waals surface area (Å²) in [6.45, 7) is 3.19. The van der Waals surface area contributed by atoms with E-state index >= 15 is 0 Å². The van der Waals surface area contributed by atoms with E-state index in [1.54, 1.807) is 36.4 Å². The first-order valence-corrected chi connectivity index (χ1v) is 12.4. The van der Waals surface area contributed by atoms with E-state index in [9.17, 15) is 18.0 Å². The van der Waals surface area contributed by atoms with Crippen molar-refractivity contribution in [2.75, 3.05) is 13.1 Å². The SMILES string of the molecule is CCC(=O)N1CC[C@H](C=C(c2ccc(S(=O)(=O)C3CC3)cc2)c2ccc(Cl)c(=O)[nH]2)C1. The molecule has 0 bridgehead atoms. The molecule has 2 aliphatic rings. The summed E-state index contributed by atoms with van der Waals surface area (Å²) in [5.74, 6) is 0.270. The fourth-order valence-corrected chi connectivity index (χ4v) is 5.73. The Morgan fingerprint density at radius 1 is 1.16 bits per heavy atom. The van der Waals surface area contributed by atoms with Crippen LogP contribution in [0, 0.1) is 5.92 Å². The smallest absolute Gasteiger partial charge is 0.267 e. The predicted molar refractivity (Wildman–Crippen MR) is 121 cm³/mol. The second-order valence-corrected chi connectivity index (χ2v) is 10.8. The predicted octanol–water partition coefficient (Wildman–Crippen LogP) is 3.65. The molecule has 164 valence electrons. The highest BCUT2D eigenvalue weighted by Gasteiger charge is 2.36. The van der Waals surface area contributed by atoms with Gasteiger partial charge < -0.3 is 9.88 Å². The number of hydrogen-bond donors (Lipinski definition) is 1. The van der Waals surface area contributed by atoms with Crippen LogP contribution in [0.3, 0.4) is 0 Å². The molecule has 1 atom stereocenters. The number of amides is 1. The number of aromatic nitrogens is 1. The van der Waals surface area contributed by atoms with Gasteiger partial charge >= 0.3 is 0 Å². The zero-order valence-electron chi connectivity index (χ0n) is 17.3. The number of carbonyl (C=O) groups excluding carboxylic acids is 1. The standard InChI is InChI=1S/C23H25ClN2O4S/c1-2-22(27)26-12-11-15(14-26)13-19(21-10-9-20(24)23(28)25-21)16-3-5-17(6-4-16)31(29,30)18-7-8-18/h3-6,9-10,13,15,18H,2,7-8,11-12,14H2,1H3,(H,25,28)/t15-/m1/s1. The van der Waals surface area contributed by atoms with Gasteiger partial charge in [0.1, 0.15) is 5.02 Å². The van der Waals surface area contributed by atoms with Crippen LogP contribution in [0.4, 0.5) is 0 Å². The third kappa shape index (κ3) is 4.62. The number of aromatic amines is 1. The highest BCUT2D eigenvalue weighted by Crippen LogP contribution is 2.34. The van der Waals surface area contributed by atoms with Crippen molar-refractivity contribution in [3.8, 4) is 0 Å². The van der Waals surface area contributed by atoms with E-state index in [-0.39, 0.29) is 27.7 Å². The topological polar surface area (TPSA) is 87.3 Å². The molecule has 1 aliphatic carbocycles. The van der Waals surface area contributed by atoms with Crippen molar-refractivity contribution in [3.63, 3.8) is 0 Å². The van der Waals surface area contributed by atoms with Crippen LogP contribution in [0.5, 0.6) is 0 Å². The number of carbonyl (C=O) groups is 1. The summed E-state index contributed by atoms with van der Waals surface area (Å²) in [6, 6.07) is 10.1. The molecule has 31 heavy (non-hydrogen) atoms. The molecule has 1 aromatic carbocycles. The molecule has 1 N–H and O–H groups in total. The number of likely N-dealkylation sites (tertiary alicyclic amines) is 1. The quantitative estimate of drug-likeness (QED) is 0.712. The van der Waals surface area contributed by atoms with Crippen molar-refractivity contribution in [3.05, 3.63) is 69.1 Å². The summed E-state index contributed by atoms with van der Waals surface area (Å²) in [5.41, 5.74) is 1.81. The van der Waals surface area contributed by atoms with Crippen molar-refractivity contribution in [1.82, 2.24) is 9.88 Å². The van der Waals surface area contributed by atoms with E-state index in [1.165, 1.54) is 0 Å². The van der Waals surface area contributed by atoms with E-state index < -0.39 is 9.84 Å². The highest BCUT2D eigenvalue weighted by atomic mass is 35.5. The first kappa shape index (κ1) is 21.8. The number of benzene rings is 1. The van der Waals surface area contributed by atoms with Crippen molar-refractivity contribution in [2.45, 2.75) is 42.8 Å². The number of nitrogens with one attached hydrogen (secondary N) is 1. The average Bonchev–Trinajstić information content (AvgIpc) is 3.53. The van der Waals surface area contributed by atoms with Gasteiger partial charge in [0.15, 0.2) is 9.84 Å². The van der Waals surface area contributed by atoms with Gasteiger partial charge in [-0.3, -0.25) is 9.59 Å². The molecule has 2 fully saturated rings. The van der Waals surface area contributed by atoms with E-state index in [0.717, 1.165) is 30.4 Å². The van der Waals surface area contributed by atoms with Gasteiger partial charge in [-0.2, -0.15) is 0 Å².